The van der Waals surface area contributed by atoms with Crippen LogP contribution in [0.4, 0.5) is 5.95 Å². The third kappa shape index (κ3) is 3.20. The van der Waals surface area contributed by atoms with Gasteiger partial charge in [-0.05, 0) is 43.3 Å². The lowest BCUT2D eigenvalue weighted by Gasteiger charge is -2.08. The van der Waals surface area contributed by atoms with Crippen LogP contribution in [0.5, 0.6) is 0 Å². The van der Waals surface area contributed by atoms with Gasteiger partial charge in [-0.15, -0.1) is 0 Å². The van der Waals surface area contributed by atoms with E-state index in [4.69, 9.17) is 5.73 Å². The van der Waals surface area contributed by atoms with Gasteiger partial charge in [0.05, 0.1) is 5.52 Å². The van der Waals surface area contributed by atoms with Crippen LogP contribution in [-0.4, -0.2) is 45.1 Å². The fourth-order valence-corrected chi connectivity index (χ4v) is 2.87. The number of likely N-dealkylation sites (N-methyl/N-ethyl adjacent to an activating group) is 1. The van der Waals surface area contributed by atoms with E-state index in [0.29, 0.717) is 5.95 Å². The van der Waals surface area contributed by atoms with Crippen LogP contribution in [0.1, 0.15) is 16.3 Å². The smallest absolute Gasteiger partial charge is 0.232 e. The summed E-state index contributed by atoms with van der Waals surface area (Å²) in [5, 5.41) is 9.62. The highest BCUT2D eigenvalue weighted by molar-refractivity contribution is 7.05. The van der Waals surface area contributed by atoms with Crippen LogP contribution in [0.15, 0.2) is 18.2 Å². The van der Waals surface area contributed by atoms with Gasteiger partial charge in [-0.25, -0.2) is 4.98 Å². The number of nitrogen functional groups attached to an aromatic ring is 1. The summed E-state index contributed by atoms with van der Waals surface area (Å²) in [6.45, 7) is 0.994. The number of rotatable bonds is 5. The SMILES string of the molecule is CN(C)CCc1[nH]nc2ccc(Cc3nc(N)ns3)cc12. The van der Waals surface area contributed by atoms with Crippen molar-refractivity contribution in [3.63, 3.8) is 0 Å². The highest BCUT2D eigenvalue weighted by atomic mass is 32.1. The predicted octanol–water partition coefficient (Wildman–Crippen LogP) is 1.69. The summed E-state index contributed by atoms with van der Waals surface area (Å²) in [4.78, 5) is 6.38. The monoisotopic (exact) mass is 302 g/mol. The van der Waals surface area contributed by atoms with Gasteiger partial charge in [0.2, 0.25) is 5.95 Å². The Morgan fingerprint density at radius 1 is 1.33 bits per heavy atom. The zero-order chi connectivity index (χ0) is 14.8. The Morgan fingerprint density at radius 2 is 2.19 bits per heavy atom. The van der Waals surface area contributed by atoms with Gasteiger partial charge in [0.1, 0.15) is 5.01 Å². The van der Waals surface area contributed by atoms with Crippen LogP contribution in [0.3, 0.4) is 0 Å². The second-order valence-electron chi connectivity index (χ2n) is 5.33. The first-order valence-electron chi connectivity index (χ1n) is 6.80. The molecule has 6 nitrogen and oxygen atoms in total. The molecule has 3 N–H and O–H groups in total. The van der Waals surface area contributed by atoms with Gasteiger partial charge < -0.3 is 10.6 Å². The molecule has 0 amide bonds. The van der Waals surface area contributed by atoms with Gasteiger partial charge in [-0.1, -0.05) is 6.07 Å². The van der Waals surface area contributed by atoms with E-state index in [0.717, 1.165) is 29.9 Å². The molecular weight excluding hydrogens is 284 g/mol. The molecule has 0 spiro atoms. The van der Waals surface area contributed by atoms with Crippen molar-refractivity contribution < 1.29 is 0 Å². The second-order valence-corrected chi connectivity index (χ2v) is 6.17. The molecule has 0 radical (unpaired) electrons. The van der Waals surface area contributed by atoms with E-state index >= 15 is 0 Å². The van der Waals surface area contributed by atoms with Crippen LogP contribution in [0.2, 0.25) is 0 Å². The van der Waals surface area contributed by atoms with Gasteiger partial charge in [0.25, 0.3) is 0 Å². The molecule has 0 saturated heterocycles. The maximum absolute atomic E-state index is 5.57. The Labute approximate surface area is 127 Å². The van der Waals surface area contributed by atoms with E-state index in [-0.39, 0.29) is 0 Å². The van der Waals surface area contributed by atoms with E-state index in [9.17, 15) is 0 Å². The summed E-state index contributed by atoms with van der Waals surface area (Å²) in [6, 6.07) is 6.31. The molecule has 3 rings (SSSR count). The van der Waals surface area contributed by atoms with Crippen molar-refractivity contribution in [2.45, 2.75) is 12.8 Å². The number of H-pyrrole nitrogens is 1. The third-order valence-electron chi connectivity index (χ3n) is 3.35. The second kappa shape index (κ2) is 5.79. The number of fused-ring (bicyclic) bond motifs is 1. The first-order chi connectivity index (χ1) is 10.1. The van der Waals surface area contributed by atoms with Crippen molar-refractivity contribution in [3.05, 3.63) is 34.5 Å². The molecule has 0 fully saturated rings. The van der Waals surface area contributed by atoms with Gasteiger partial charge in [0.15, 0.2) is 0 Å². The van der Waals surface area contributed by atoms with Gasteiger partial charge in [0, 0.05) is 30.5 Å². The molecule has 0 aliphatic rings. The molecule has 3 aromatic rings. The number of hydrogen-bond acceptors (Lipinski definition) is 6. The van der Waals surface area contributed by atoms with Crippen LogP contribution in [0.25, 0.3) is 10.9 Å². The van der Waals surface area contributed by atoms with Crippen LogP contribution in [-0.2, 0) is 12.8 Å². The average Bonchev–Trinajstić information content (AvgIpc) is 3.03. The molecule has 110 valence electrons. The van der Waals surface area contributed by atoms with E-state index in [1.807, 2.05) is 6.07 Å². The Kier molecular flexibility index (Phi) is 3.85. The van der Waals surface area contributed by atoms with E-state index in [1.54, 1.807) is 0 Å². The number of nitrogens with zero attached hydrogens (tertiary/aromatic N) is 4. The summed E-state index contributed by atoms with van der Waals surface area (Å²) in [5.41, 5.74) is 8.95. The normalized spacial score (nSPS) is 11.6. The number of aromatic nitrogens is 4. The Balaban J connectivity index is 1.85. The molecule has 0 saturated carbocycles. The molecule has 1 aromatic carbocycles. The lowest BCUT2D eigenvalue weighted by atomic mass is 10.1. The summed E-state index contributed by atoms with van der Waals surface area (Å²) < 4.78 is 4.02. The number of nitrogens with two attached hydrogens (primary N) is 1. The predicted molar refractivity (Wildman–Crippen MR) is 85.5 cm³/mol. The van der Waals surface area contributed by atoms with E-state index < -0.39 is 0 Å². The standard InChI is InChI=1S/C14H18N6S/c1-20(2)6-5-12-10-7-9(3-4-11(10)17-18-12)8-13-16-14(15)19-21-13/h3-4,7H,5-6,8H2,1-2H3,(H2,15,19)(H,17,18). The zero-order valence-corrected chi connectivity index (χ0v) is 12.9. The van der Waals surface area contributed by atoms with Crippen molar-refractivity contribution in [1.82, 2.24) is 24.5 Å². The third-order valence-corrected chi connectivity index (χ3v) is 4.07. The molecule has 0 unspecified atom stereocenters. The van der Waals surface area contributed by atoms with Crippen molar-refractivity contribution in [1.29, 1.82) is 0 Å². The summed E-state index contributed by atoms with van der Waals surface area (Å²) in [5.74, 6) is 0.353. The zero-order valence-electron chi connectivity index (χ0n) is 12.1. The van der Waals surface area contributed by atoms with Gasteiger partial charge in [-0.2, -0.15) is 9.47 Å². The number of benzene rings is 1. The fourth-order valence-electron chi connectivity index (χ4n) is 2.26. The maximum Gasteiger partial charge on any atom is 0.232 e. The Bertz CT molecular complexity index is 745. The first kappa shape index (κ1) is 14.0. The van der Waals surface area contributed by atoms with E-state index in [2.05, 4.69) is 50.7 Å². The number of hydrogen-bond donors (Lipinski definition) is 2. The number of nitrogens with one attached hydrogen (secondary N) is 1. The lowest BCUT2D eigenvalue weighted by Crippen LogP contribution is -2.15. The van der Waals surface area contributed by atoms with Gasteiger partial charge in [-0.3, -0.25) is 5.10 Å². The molecule has 0 aliphatic carbocycles. The quantitative estimate of drug-likeness (QED) is 0.749. The van der Waals surface area contributed by atoms with Crippen molar-refractivity contribution in [2.75, 3.05) is 26.4 Å². The van der Waals surface area contributed by atoms with Gasteiger partial charge >= 0.3 is 0 Å². The lowest BCUT2D eigenvalue weighted by molar-refractivity contribution is 0.412. The minimum atomic E-state index is 0.353. The van der Waals surface area contributed by atoms with Crippen LogP contribution in [0, 0.1) is 0 Å². The molecule has 0 bridgehead atoms. The first-order valence-corrected chi connectivity index (χ1v) is 7.58. The molecule has 7 heteroatoms. The molecular formula is C14H18N6S. The molecule has 0 atom stereocenters. The maximum atomic E-state index is 5.57. The van der Waals surface area contributed by atoms with Crippen LogP contribution < -0.4 is 5.73 Å². The fraction of sp³-hybridized carbons (Fsp3) is 0.357. The highest BCUT2D eigenvalue weighted by Gasteiger charge is 2.08. The molecule has 2 heterocycles. The topological polar surface area (TPSA) is 83.7 Å². The number of anilines is 1. The highest BCUT2D eigenvalue weighted by Crippen LogP contribution is 2.21. The minimum Gasteiger partial charge on any atom is -0.367 e. The largest absolute Gasteiger partial charge is 0.367 e. The Hall–Kier alpha value is -1.99. The summed E-state index contributed by atoms with van der Waals surface area (Å²) in [6.07, 6.45) is 1.71. The average molecular weight is 302 g/mol. The van der Waals surface area contributed by atoms with Crippen molar-refractivity contribution in [2.24, 2.45) is 0 Å². The van der Waals surface area contributed by atoms with E-state index in [1.165, 1.54) is 28.2 Å². The van der Waals surface area contributed by atoms with Crippen molar-refractivity contribution >= 4 is 28.4 Å². The Morgan fingerprint density at radius 3 is 2.90 bits per heavy atom. The van der Waals surface area contributed by atoms with Crippen LogP contribution >= 0.6 is 11.5 Å². The summed E-state index contributed by atoms with van der Waals surface area (Å²) in [7, 11) is 4.15. The van der Waals surface area contributed by atoms with Crippen molar-refractivity contribution in [3.8, 4) is 0 Å². The summed E-state index contributed by atoms with van der Waals surface area (Å²) >= 11 is 1.35. The number of aromatic amines is 1. The minimum absolute atomic E-state index is 0.353. The molecule has 21 heavy (non-hydrogen) atoms. The molecule has 2 aromatic heterocycles. The molecule has 0 aliphatic heterocycles.